The number of nitrogens with one attached hydrogen (secondary N) is 1. The molecule has 5 heteroatoms. The Kier molecular flexibility index (Phi) is 5.83. The van der Waals surface area contributed by atoms with Gasteiger partial charge in [-0.15, -0.1) is 0 Å². The number of halogens is 1. The molecule has 0 fully saturated rings. The van der Waals surface area contributed by atoms with E-state index in [9.17, 15) is 13.4 Å². The first-order chi connectivity index (χ1) is 10.5. The van der Waals surface area contributed by atoms with E-state index in [4.69, 9.17) is 0 Å². The molecule has 0 radical (unpaired) electrons. The fourth-order valence-corrected chi connectivity index (χ4v) is 3.03. The summed E-state index contributed by atoms with van der Waals surface area (Å²) >= 11 is 0. The van der Waals surface area contributed by atoms with E-state index < -0.39 is 10.8 Å². The second-order valence-corrected chi connectivity index (χ2v) is 6.66. The van der Waals surface area contributed by atoms with Crippen LogP contribution in [0.1, 0.15) is 17.5 Å². The first-order valence-corrected chi connectivity index (χ1v) is 8.47. The molecule has 116 valence electrons. The van der Waals surface area contributed by atoms with E-state index >= 15 is 0 Å². The summed E-state index contributed by atoms with van der Waals surface area (Å²) in [5.41, 5.74) is 2.70. The molecule has 3 nitrogen and oxygen atoms in total. The maximum absolute atomic E-state index is 12.8. The second-order valence-electron chi connectivity index (χ2n) is 5.08. The van der Waals surface area contributed by atoms with E-state index in [2.05, 4.69) is 5.32 Å². The van der Waals surface area contributed by atoms with Crippen LogP contribution in [0.3, 0.4) is 0 Å². The highest BCUT2D eigenvalue weighted by atomic mass is 32.2. The minimum atomic E-state index is -1.08. The van der Waals surface area contributed by atoms with E-state index in [0.29, 0.717) is 17.2 Å². The Morgan fingerprint density at radius 1 is 1.09 bits per heavy atom. The lowest BCUT2D eigenvalue weighted by molar-refractivity contribution is -0.115. The second kappa shape index (κ2) is 7.84. The average molecular weight is 319 g/mol. The third-order valence-corrected chi connectivity index (χ3v) is 4.45. The van der Waals surface area contributed by atoms with Gasteiger partial charge in [-0.3, -0.25) is 9.00 Å². The molecule has 0 saturated carbocycles. The highest BCUT2D eigenvalue weighted by molar-refractivity contribution is 7.84. The maximum Gasteiger partial charge on any atom is 0.225 e. The molecule has 22 heavy (non-hydrogen) atoms. The summed E-state index contributed by atoms with van der Waals surface area (Å²) in [5, 5.41) is 2.66. The minimum Gasteiger partial charge on any atom is -0.326 e. The summed E-state index contributed by atoms with van der Waals surface area (Å²) in [6, 6.07) is 13.4. The van der Waals surface area contributed by atoms with Gasteiger partial charge in [0.2, 0.25) is 5.91 Å². The molecule has 0 bridgehead atoms. The molecule has 0 aliphatic carbocycles. The molecule has 0 aliphatic heterocycles. The molecular weight excluding hydrogens is 301 g/mol. The Morgan fingerprint density at radius 2 is 1.73 bits per heavy atom. The predicted molar refractivity (Wildman–Crippen MR) is 87.5 cm³/mol. The van der Waals surface area contributed by atoms with Gasteiger partial charge in [0.05, 0.1) is 0 Å². The molecule has 0 aliphatic rings. The van der Waals surface area contributed by atoms with Crippen LogP contribution in [0, 0.1) is 12.7 Å². The van der Waals surface area contributed by atoms with E-state index in [1.54, 1.807) is 0 Å². The van der Waals surface area contributed by atoms with Crippen molar-refractivity contribution in [1.29, 1.82) is 0 Å². The van der Waals surface area contributed by atoms with E-state index in [0.717, 1.165) is 11.1 Å². The first kappa shape index (κ1) is 16.4. The van der Waals surface area contributed by atoms with Gasteiger partial charge in [-0.05, 0) is 36.8 Å². The molecule has 1 N–H and O–H groups in total. The number of carbonyl (C=O) groups excluding carboxylic acids is 1. The van der Waals surface area contributed by atoms with Crippen LogP contribution in [0.25, 0.3) is 0 Å². The topological polar surface area (TPSA) is 46.2 Å². The van der Waals surface area contributed by atoms with Crippen molar-refractivity contribution < 1.29 is 13.4 Å². The van der Waals surface area contributed by atoms with Crippen molar-refractivity contribution in [2.45, 2.75) is 19.1 Å². The monoisotopic (exact) mass is 319 g/mol. The van der Waals surface area contributed by atoms with Crippen molar-refractivity contribution in [3.05, 3.63) is 65.5 Å². The third kappa shape index (κ3) is 5.41. The molecule has 0 saturated heterocycles. The lowest BCUT2D eigenvalue weighted by Gasteiger charge is -2.06. The summed E-state index contributed by atoms with van der Waals surface area (Å²) in [5.74, 6) is 0.187. The zero-order chi connectivity index (χ0) is 15.9. The molecule has 2 aromatic carbocycles. The van der Waals surface area contributed by atoms with Crippen LogP contribution in [0.15, 0.2) is 48.5 Å². The number of rotatable bonds is 6. The summed E-state index contributed by atoms with van der Waals surface area (Å²) in [6.07, 6.45) is 0.176. The molecule has 1 unspecified atom stereocenters. The number of hydrogen-bond acceptors (Lipinski definition) is 2. The fourth-order valence-electron chi connectivity index (χ4n) is 1.91. The van der Waals surface area contributed by atoms with Gasteiger partial charge in [0.15, 0.2) is 0 Å². The Morgan fingerprint density at radius 3 is 2.36 bits per heavy atom. The minimum absolute atomic E-state index is 0.176. The van der Waals surface area contributed by atoms with E-state index in [-0.39, 0.29) is 18.1 Å². The van der Waals surface area contributed by atoms with Crippen LogP contribution >= 0.6 is 0 Å². The first-order valence-electron chi connectivity index (χ1n) is 6.99. The number of carbonyl (C=O) groups is 1. The number of aryl methyl sites for hydroxylation is 1. The summed E-state index contributed by atoms with van der Waals surface area (Å²) < 4.78 is 24.7. The Bertz CT molecular complexity index is 594. The van der Waals surface area contributed by atoms with Gasteiger partial charge in [-0.1, -0.05) is 29.8 Å². The Hall–Kier alpha value is -2.01. The number of amides is 1. The van der Waals surface area contributed by atoms with Gasteiger partial charge in [0.25, 0.3) is 0 Å². The molecule has 0 aromatic heterocycles. The average Bonchev–Trinajstić information content (AvgIpc) is 2.50. The van der Waals surface area contributed by atoms with E-state index in [1.165, 1.54) is 24.3 Å². The van der Waals surface area contributed by atoms with Crippen LogP contribution < -0.4 is 5.32 Å². The third-order valence-electron chi connectivity index (χ3n) is 3.13. The largest absolute Gasteiger partial charge is 0.326 e. The van der Waals surface area contributed by atoms with Gasteiger partial charge >= 0.3 is 0 Å². The van der Waals surface area contributed by atoms with Crippen LogP contribution in [-0.2, 0) is 21.3 Å². The summed E-state index contributed by atoms with van der Waals surface area (Å²) in [7, 11) is -1.08. The number of anilines is 1. The quantitative estimate of drug-likeness (QED) is 0.887. The van der Waals surface area contributed by atoms with Crippen LogP contribution in [0.5, 0.6) is 0 Å². The predicted octanol–water partition coefficient (Wildman–Crippen LogP) is 3.41. The molecule has 2 aromatic rings. The van der Waals surface area contributed by atoms with Crippen molar-refractivity contribution in [1.82, 2.24) is 0 Å². The van der Waals surface area contributed by atoms with Crippen molar-refractivity contribution in [3.63, 3.8) is 0 Å². The zero-order valence-corrected chi connectivity index (χ0v) is 13.2. The maximum atomic E-state index is 12.8. The van der Waals surface area contributed by atoms with Gasteiger partial charge < -0.3 is 5.32 Å². The van der Waals surface area contributed by atoms with Crippen LogP contribution in [0.4, 0.5) is 10.1 Å². The van der Waals surface area contributed by atoms with Crippen molar-refractivity contribution in [2.75, 3.05) is 11.1 Å². The van der Waals surface area contributed by atoms with Gasteiger partial charge in [-0.2, -0.15) is 0 Å². The molecule has 2 rings (SSSR count). The smallest absolute Gasteiger partial charge is 0.225 e. The normalized spacial score (nSPS) is 11.9. The summed E-state index contributed by atoms with van der Waals surface area (Å²) in [6.45, 7) is 2.00. The zero-order valence-electron chi connectivity index (χ0n) is 12.3. The lowest BCUT2D eigenvalue weighted by atomic mass is 10.2. The number of hydrogen-bond donors (Lipinski definition) is 1. The Balaban J connectivity index is 1.76. The molecule has 1 atom stereocenters. The highest BCUT2D eigenvalue weighted by Gasteiger charge is 2.07. The van der Waals surface area contributed by atoms with Crippen molar-refractivity contribution >= 4 is 22.4 Å². The molecule has 0 heterocycles. The number of benzene rings is 2. The van der Waals surface area contributed by atoms with Crippen LogP contribution in [-0.4, -0.2) is 15.9 Å². The van der Waals surface area contributed by atoms with E-state index in [1.807, 2.05) is 31.2 Å². The Labute approximate surface area is 132 Å². The van der Waals surface area contributed by atoms with Gasteiger partial charge in [-0.25, -0.2) is 4.39 Å². The summed E-state index contributed by atoms with van der Waals surface area (Å²) in [4.78, 5) is 11.8. The SMILES string of the molecule is Cc1ccc(CS(=O)CCC(=O)Nc2ccc(F)cc2)cc1. The highest BCUT2D eigenvalue weighted by Crippen LogP contribution is 2.10. The van der Waals surface area contributed by atoms with Crippen LogP contribution in [0.2, 0.25) is 0 Å². The molecule has 1 amide bonds. The van der Waals surface area contributed by atoms with Crippen molar-refractivity contribution in [2.24, 2.45) is 0 Å². The fraction of sp³-hybridized carbons (Fsp3) is 0.235. The molecular formula is C17H18FNO2S. The van der Waals surface area contributed by atoms with Crippen molar-refractivity contribution in [3.8, 4) is 0 Å². The van der Waals surface area contributed by atoms with Gasteiger partial charge in [0.1, 0.15) is 5.82 Å². The molecule has 0 spiro atoms. The lowest BCUT2D eigenvalue weighted by Crippen LogP contribution is -2.15. The standard InChI is InChI=1S/C17H18FNO2S/c1-13-2-4-14(5-3-13)12-22(21)11-10-17(20)19-16-8-6-15(18)7-9-16/h2-9H,10-12H2,1H3,(H,19,20). The van der Waals surface area contributed by atoms with Gasteiger partial charge in [0, 0.05) is 34.4 Å².